The molecule has 8 heteroatoms. The van der Waals surface area contributed by atoms with Crippen molar-refractivity contribution in [3.05, 3.63) is 11.6 Å². The fourth-order valence-electron chi connectivity index (χ4n) is 2.44. The van der Waals surface area contributed by atoms with Gasteiger partial charge in [0.05, 0.1) is 19.2 Å². The van der Waals surface area contributed by atoms with Gasteiger partial charge < -0.3 is 15.0 Å². The van der Waals surface area contributed by atoms with Crippen LogP contribution in [0.1, 0.15) is 69.2 Å². The van der Waals surface area contributed by atoms with E-state index in [-0.39, 0.29) is 30.0 Å². The molecule has 0 bridgehead atoms. The first kappa shape index (κ1) is 31.1. The van der Waals surface area contributed by atoms with Gasteiger partial charge >= 0.3 is 12.0 Å². The molecule has 0 fully saturated rings. The number of carbonyl (C=O) groups is 3. The van der Waals surface area contributed by atoms with E-state index < -0.39 is 12.0 Å². The van der Waals surface area contributed by atoms with Gasteiger partial charge in [-0.25, -0.2) is 15.0 Å². The van der Waals surface area contributed by atoms with Crippen molar-refractivity contribution in [2.45, 2.75) is 80.8 Å². The Labute approximate surface area is 189 Å². The molecule has 0 heterocycles. The van der Waals surface area contributed by atoms with Gasteiger partial charge in [-0.2, -0.15) is 0 Å². The van der Waals surface area contributed by atoms with E-state index in [0.717, 1.165) is 5.92 Å². The van der Waals surface area contributed by atoms with E-state index in [9.17, 15) is 14.4 Å². The highest BCUT2D eigenvalue weighted by atomic mass is 16.5. The summed E-state index contributed by atoms with van der Waals surface area (Å²) in [6.45, 7) is 19.8. The van der Waals surface area contributed by atoms with Crippen LogP contribution < -0.4 is 10.7 Å². The molecule has 182 valence electrons. The van der Waals surface area contributed by atoms with Gasteiger partial charge in [0.25, 0.3) is 0 Å². The minimum Gasteiger partial charge on any atom is -0.463 e. The van der Waals surface area contributed by atoms with E-state index in [0.29, 0.717) is 12.2 Å². The minimum atomic E-state index is -0.397. The monoisotopic (exact) mass is 442 g/mol. The van der Waals surface area contributed by atoms with Crippen LogP contribution in [0.5, 0.6) is 0 Å². The van der Waals surface area contributed by atoms with Crippen LogP contribution in [-0.4, -0.2) is 66.6 Å². The molecule has 0 saturated carbocycles. The zero-order valence-corrected chi connectivity index (χ0v) is 21.8. The third-order valence-corrected chi connectivity index (χ3v) is 3.74. The highest BCUT2D eigenvalue weighted by Gasteiger charge is 2.24. The molecule has 2 N–H and O–H groups in total. The van der Waals surface area contributed by atoms with Crippen molar-refractivity contribution in [2.75, 3.05) is 27.2 Å². The van der Waals surface area contributed by atoms with E-state index in [4.69, 9.17) is 4.74 Å². The second kappa shape index (κ2) is 14.8. The SMILES string of the molecule is CC(C)C.CCOC(=O)/C(C)=C/[C@H](C(C)C)N(C)C(=O)CNC(=O)N(C)NC(C)(C)C. The number of likely N-dealkylation sites (N-methyl/N-ethyl adjacent to an activating group) is 1. The van der Waals surface area contributed by atoms with Crippen molar-refractivity contribution in [2.24, 2.45) is 11.8 Å². The van der Waals surface area contributed by atoms with Crippen LogP contribution in [0.15, 0.2) is 11.6 Å². The average molecular weight is 443 g/mol. The molecule has 0 saturated heterocycles. The maximum Gasteiger partial charge on any atom is 0.333 e. The lowest BCUT2D eigenvalue weighted by molar-refractivity contribution is -0.138. The molecular formula is C23H46N4O4. The molecule has 0 aliphatic carbocycles. The molecular weight excluding hydrogens is 396 g/mol. The topological polar surface area (TPSA) is 91.0 Å². The van der Waals surface area contributed by atoms with Crippen molar-refractivity contribution in [1.29, 1.82) is 0 Å². The quantitative estimate of drug-likeness (QED) is 0.341. The van der Waals surface area contributed by atoms with Crippen molar-refractivity contribution in [1.82, 2.24) is 20.7 Å². The average Bonchev–Trinajstić information content (AvgIpc) is 2.60. The number of amides is 3. The van der Waals surface area contributed by atoms with Crippen LogP contribution >= 0.6 is 0 Å². The van der Waals surface area contributed by atoms with E-state index in [1.165, 1.54) is 9.91 Å². The summed E-state index contributed by atoms with van der Waals surface area (Å²) in [5.41, 5.74) is 3.18. The number of hydrazine groups is 1. The van der Waals surface area contributed by atoms with Crippen molar-refractivity contribution >= 4 is 17.9 Å². The molecule has 0 aromatic heterocycles. The van der Waals surface area contributed by atoms with Crippen LogP contribution in [-0.2, 0) is 14.3 Å². The minimum absolute atomic E-state index is 0.0873. The zero-order chi connectivity index (χ0) is 24.9. The van der Waals surface area contributed by atoms with Crippen LogP contribution in [0.3, 0.4) is 0 Å². The summed E-state index contributed by atoms with van der Waals surface area (Å²) in [5.74, 6) is 0.274. The first-order valence-corrected chi connectivity index (χ1v) is 10.9. The lowest BCUT2D eigenvalue weighted by Gasteiger charge is -2.31. The molecule has 0 rings (SSSR count). The van der Waals surface area contributed by atoms with Gasteiger partial charge in [-0.05, 0) is 46.5 Å². The summed E-state index contributed by atoms with van der Waals surface area (Å²) in [5, 5.41) is 3.91. The number of nitrogens with zero attached hydrogens (tertiary/aromatic N) is 2. The number of ether oxygens (including phenoxy) is 1. The first-order chi connectivity index (χ1) is 14.0. The summed E-state index contributed by atoms with van der Waals surface area (Å²) >= 11 is 0. The van der Waals surface area contributed by atoms with Crippen LogP contribution in [0, 0.1) is 11.8 Å². The Kier molecular flexibility index (Phi) is 14.9. The van der Waals surface area contributed by atoms with Gasteiger partial charge in [0, 0.05) is 25.2 Å². The van der Waals surface area contributed by atoms with Crippen molar-refractivity contribution < 1.29 is 19.1 Å². The summed E-state index contributed by atoms with van der Waals surface area (Å²) in [7, 11) is 3.25. The Balaban J connectivity index is 0. The molecule has 8 nitrogen and oxygen atoms in total. The Morgan fingerprint density at radius 2 is 1.52 bits per heavy atom. The molecule has 0 radical (unpaired) electrons. The van der Waals surface area contributed by atoms with Crippen LogP contribution in [0.25, 0.3) is 0 Å². The fraction of sp³-hybridized carbons (Fsp3) is 0.783. The van der Waals surface area contributed by atoms with Gasteiger partial charge in [-0.3, -0.25) is 9.80 Å². The van der Waals surface area contributed by atoms with Crippen molar-refractivity contribution in [3.8, 4) is 0 Å². The molecule has 0 aromatic carbocycles. The number of hydrogen-bond donors (Lipinski definition) is 2. The van der Waals surface area contributed by atoms with E-state index in [1.807, 2.05) is 34.6 Å². The number of urea groups is 1. The standard InChI is InChI=1S/C19H36N4O4.C4H10/c1-10-27-17(25)14(4)11-15(13(2)3)22(8)16(24)12-20-18(26)23(9)21-19(5,6)7;1-4(2)3/h11,13,15,21H,10,12H2,1-9H3,(H,20,26);4H,1-3H3/b14-11+;/t15-;/m1./s1. The first-order valence-electron chi connectivity index (χ1n) is 10.9. The molecule has 1 atom stereocenters. The summed E-state index contributed by atoms with van der Waals surface area (Å²) in [6, 6.07) is -0.685. The second-order valence-corrected chi connectivity index (χ2v) is 9.62. The molecule has 3 amide bonds. The smallest absolute Gasteiger partial charge is 0.333 e. The van der Waals surface area contributed by atoms with E-state index in [1.54, 1.807) is 34.0 Å². The largest absolute Gasteiger partial charge is 0.463 e. The van der Waals surface area contributed by atoms with Gasteiger partial charge in [-0.1, -0.05) is 40.7 Å². The maximum absolute atomic E-state index is 12.5. The van der Waals surface area contributed by atoms with Gasteiger partial charge in [0.1, 0.15) is 0 Å². The zero-order valence-electron chi connectivity index (χ0n) is 21.8. The number of hydrogen-bond acceptors (Lipinski definition) is 5. The third kappa shape index (κ3) is 15.4. The van der Waals surface area contributed by atoms with Crippen LogP contribution in [0.2, 0.25) is 0 Å². The van der Waals surface area contributed by atoms with Gasteiger partial charge in [-0.15, -0.1) is 0 Å². The number of carbonyl (C=O) groups excluding carboxylic acids is 3. The van der Waals surface area contributed by atoms with Gasteiger partial charge in [0.15, 0.2) is 0 Å². The fourth-order valence-corrected chi connectivity index (χ4v) is 2.44. The normalized spacial score (nSPS) is 12.6. The molecule has 0 spiro atoms. The lowest BCUT2D eigenvalue weighted by atomic mass is 10.00. The predicted molar refractivity (Wildman–Crippen MR) is 126 cm³/mol. The highest BCUT2D eigenvalue weighted by molar-refractivity contribution is 5.88. The van der Waals surface area contributed by atoms with Gasteiger partial charge in [0.2, 0.25) is 5.91 Å². The number of nitrogens with one attached hydrogen (secondary N) is 2. The van der Waals surface area contributed by atoms with E-state index >= 15 is 0 Å². The summed E-state index contributed by atoms with van der Waals surface area (Å²) in [4.78, 5) is 38.0. The predicted octanol–water partition coefficient (Wildman–Crippen LogP) is 3.59. The molecule has 0 unspecified atom stereocenters. The molecule has 0 aromatic rings. The summed E-state index contributed by atoms with van der Waals surface area (Å²) in [6.07, 6.45) is 1.73. The molecule has 0 aliphatic rings. The highest BCUT2D eigenvalue weighted by Crippen LogP contribution is 2.14. The molecule has 31 heavy (non-hydrogen) atoms. The Hall–Kier alpha value is -2.09. The number of rotatable bonds is 8. The Bertz CT molecular complexity index is 592. The second-order valence-electron chi connectivity index (χ2n) is 9.62. The Morgan fingerprint density at radius 3 is 1.90 bits per heavy atom. The Morgan fingerprint density at radius 1 is 1.03 bits per heavy atom. The van der Waals surface area contributed by atoms with Crippen molar-refractivity contribution in [3.63, 3.8) is 0 Å². The van der Waals surface area contributed by atoms with E-state index in [2.05, 4.69) is 31.5 Å². The maximum atomic E-state index is 12.5. The summed E-state index contributed by atoms with van der Waals surface area (Å²) < 4.78 is 4.99. The number of esters is 1. The third-order valence-electron chi connectivity index (χ3n) is 3.74. The molecule has 0 aliphatic heterocycles. The van der Waals surface area contributed by atoms with Crippen LogP contribution in [0.4, 0.5) is 4.79 Å². The lowest BCUT2D eigenvalue weighted by Crippen LogP contribution is -2.54.